The number of hydrogen-bond acceptors (Lipinski definition) is 11. The summed E-state index contributed by atoms with van der Waals surface area (Å²) in [6.07, 6.45) is 5.01. The Bertz CT molecular complexity index is 3300. The zero-order valence-electron chi connectivity index (χ0n) is 45.2. The maximum Gasteiger partial charge on any atom is 0.337 e. The van der Waals surface area contributed by atoms with E-state index in [4.69, 9.17) is 24.5 Å². The number of aryl methyl sites for hydroxylation is 3. The number of thiazole rings is 2. The lowest BCUT2D eigenvalue weighted by atomic mass is 9.64. The smallest absolute Gasteiger partial charge is 0.337 e. The monoisotopic (exact) mass is 1040 g/mol. The normalized spacial score (nSPS) is 19.2. The van der Waals surface area contributed by atoms with Gasteiger partial charge in [0.2, 0.25) is 0 Å². The van der Waals surface area contributed by atoms with Gasteiger partial charge in [0.1, 0.15) is 0 Å². The predicted octanol–water partition coefficient (Wildman–Crippen LogP) is 13.6. The molecule has 4 atom stereocenters. The van der Waals surface area contributed by atoms with Crippen molar-refractivity contribution < 1.29 is 29.3 Å². The van der Waals surface area contributed by atoms with Crippen molar-refractivity contribution >= 4 is 65.3 Å². The average Bonchev–Trinajstić information content (AvgIpc) is 4.06. The SMILES string of the molecule is Cc1ccc(-c2c([C@H](OC(C)(C)C)C(=O)O)c(C)c(Cc3ccc(-c4c([C@H](OC(C)(C)C)C(=O)O)c(C)cc5nc(N6CCc7nn(C)c(C)c7C6)sc45)cc3)c3nc(N4CC[C@H]5CCCC[C@]5(C)C4)sc23)cc1. The van der Waals surface area contributed by atoms with Crippen LogP contribution >= 0.6 is 22.7 Å². The fraction of sp³-hybridized carbons (Fsp3) is 0.483. The first-order valence-electron chi connectivity index (χ1n) is 26.4. The molecule has 7 aromatic rings. The number of aromatic nitrogens is 4. The minimum atomic E-state index is -1.25. The Morgan fingerprint density at radius 2 is 1.39 bits per heavy atom. The number of piperidine rings is 1. The van der Waals surface area contributed by atoms with Gasteiger partial charge in [-0.15, -0.1) is 0 Å². The summed E-state index contributed by atoms with van der Waals surface area (Å²) in [6, 6.07) is 18.8. The largest absolute Gasteiger partial charge is 0.479 e. The van der Waals surface area contributed by atoms with Crippen LogP contribution in [-0.4, -0.2) is 72.7 Å². The van der Waals surface area contributed by atoms with E-state index in [1.807, 2.05) is 73.2 Å². The second-order valence-corrected chi connectivity index (χ2v) is 25.6. The number of carbonyl (C=O) groups is 2. The Labute approximate surface area is 443 Å². The van der Waals surface area contributed by atoms with E-state index in [1.165, 1.54) is 31.2 Å². The number of ether oxygens (including phenoxy) is 2. The third-order valence-corrected chi connectivity index (χ3v) is 18.2. The summed E-state index contributed by atoms with van der Waals surface area (Å²) in [4.78, 5) is 42.6. The summed E-state index contributed by atoms with van der Waals surface area (Å²) in [7, 11) is 1.99. The fourth-order valence-corrected chi connectivity index (χ4v) is 14.5. The van der Waals surface area contributed by atoms with Gasteiger partial charge < -0.3 is 29.5 Å². The van der Waals surface area contributed by atoms with Crippen LogP contribution in [0.3, 0.4) is 0 Å². The van der Waals surface area contributed by atoms with Gasteiger partial charge >= 0.3 is 11.9 Å². The Kier molecular flexibility index (Phi) is 13.6. The summed E-state index contributed by atoms with van der Waals surface area (Å²) in [5, 5.41) is 28.7. The Morgan fingerprint density at radius 1 is 0.784 bits per heavy atom. The van der Waals surface area contributed by atoms with Crippen molar-refractivity contribution in [2.75, 3.05) is 29.4 Å². The van der Waals surface area contributed by atoms with Gasteiger partial charge in [0.25, 0.3) is 0 Å². The number of benzene rings is 4. The highest BCUT2D eigenvalue weighted by atomic mass is 32.1. The van der Waals surface area contributed by atoms with Crippen LogP contribution in [0.15, 0.2) is 54.6 Å². The second-order valence-electron chi connectivity index (χ2n) is 23.6. The van der Waals surface area contributed by atoms with Crippen LogP contribution in [0.25, 0.3) is 42.7 Å². The lowest BCUT2D eigenvalue weighted by molar-refractivity contribution is -0.161. The zero-order valence-corrected chi connectivity index (χ0v) is 46.9. The van der Waals surface area contributed by atoms with Gasteiger partial charge in [0, 0.05) is 73.2 Å². The molecule has 5 heterocycles. The van der Waals surface area contributed by atoms with Crippen molar-refractivity contribution in [2.24, 2.45) is 18.4 Å². The molecule has 12 nitrogen and oxygen atoms in total. The highest BCUT2D eigenvalue weighted by Crippen LogP contribution is 2.51. The van der Waals surface area contributed by atoms with Gasteiger partial charge in [0.15, 0.2) is 22.5 Å². The molecule has 10 rings (SSSR count). The van der Waals surface area contributed by atoms with Crippen molar-refractivity contribution in [1.82, 2.24) is 19.7 Å². The van der Waals surface area contributed by atoms with Crippen LogP contribution < -0.4 is 9.80 Å². The second kappa shape index (κ2) is 19.5. The first kappa shape index (κ1) is 51.8. The molecule has 2 aliphatic heterocycles. The molecule has 3 aromatic heterocycles. The van der Waals surface area contributed by atoms with Crippen LogP contribution in [0, 0.1) is 39.0 Å². The molecule has 4 aromatic carbocycles. The number of carboxylic acid groups (broad SMARTS) is 2. The summed E-state index contributed by atoms with van der Waals surface area (Å²) < 4.78 is 16.8. The topological polar surface area (TPSA) is 143 Å². The van der Waals surface area contributed by atoms with E-state index in [2.05, 4.69) is 79.1 Å². The molecule has 2 N–H and O–H groups in total. The molecule has 3 aliphatic rings. The van der Waals surface area contributed by atoms with E-state index in [0.29, 0.717) is 30.0 Å². The lowest BCUT2D eigenvalue weighted by Crippen LogP contribution is -2.48. The molecule has 74 heavy (non-hydrogen) atoms. The lowest BCUT2D eigenvalue weighted by Gasteiger charge is -2.49. The number of anilines is 2. The van der Waals surface area contributed by atoms with Crippen LogP contribution in [0.2, 0.25) is 0 Å². The van der Waals surface area contributed by atoms with Gasteiger partial charge in [-0.2, -0.15) is 5.10 Å². The molecule has 390 valence electrons. The summed E-state index contributed by atoms with van der Waals surface area (Å²) in [5.74, 6) is -1.38. The molecule has 1 saturated carbocycles. The number of aliphatic carboxylic acids is 2. The molecule has 0 radical (unpaired) electrons. The van der Waals surface area contributed by atoms with Crippen LogP contribution in [0.4, 0.5) is 10.3 Å². The number of carboxylic acids is 2. The number of hydrogen-bond donors (Lipinski definition) is 2. The first-order valence-corrected chi connectivity index (χ1v) is 28.0. The maximum atomic E-state index is 13.6. The van der Waals surface area contributed by atoms with Gasteiger partial charge in [-0.05, 0) is 146 Å². The van der Waals surface area contributed by atoms with E-state index in [-0.39, 0.29) is 5.41 Å². The standard InChI is InChI=1S/C60H72N6O6S2/c1-33-16-20-38(21-17-33)48-46(51(55(69)70)72-59(8,9)10)35(3)41(49-53(48)74-57(62-49)66-27-24-40-15-13-14-26-60(40,11)32-66)30-37-18-22-39(23-19-37)47-45(50(54(67)68)71-58(5,6)7)34(2)29-44-52(47)73-56(61-44)65-28-25-43-42(31-65)36(4)64(12)63-43/h16-23,29,40,50-51H,13-15,24-28,30-32H2,1-12H3,(H,67,68)(H,69,70)/t40-,50+,51+,60-/m1/s1. The van der Waals surface area contributed by atoms with Crippen molar-refractivity contribution in [3.63, 3.8) is 0 Å². The number of fused-ring (bicyclic) bond motifs is 4. The fourth-order valence-electron chi connectivity index (χ4n) is 12.1. The minimum Gasteiger partial charge on any atom is -0.479 e. The maximum absolute atomic E-state index is 13.6. The highest BCUT2D eigenvalue weighted by molar-refractivity contribution is 7.23. The molecule has 0 amide bonds. The van der Waals surface area contributed by atoms with Crippen molar-refractivity contribution in [2.45, 2.75) is 151 Å². The summed E-state index contributed by atoms with van der Waals surface area (Å²) in [6.45, 7) is 25.4. The molecular weight excluding hydrogens is 965 g/mol. The zero-order chi connectivity index (χ0) is 52.8. The third kappa shape index (κ3) is 9.87. The van der Waals surface area contributed by atoms with E-state index < -0.39 is 35.3 Å². The first-order chi connectivity index (χ1) is 35.0. The van der Waals surface area contributed by atoms with Gasteiger partial charge in [0.05, 0.1) is 37.3 Å². The molecule has 0 spiro atoms. The van der Waals surface area contributed by atoms with Crippen LogP contribution in [-0.2, 0) is 45.5 Å². The Balaban J connectivity index is 1.12. The predicted molar refractivity (Wildman–Crippen MR) is 299 cm³/mol. The quantitative estimate of drug-likeness (QED) is 0.121. The van der Waals surface area contributed by atoms with E-state index in [0.717, 1.165) is 125 Å². The highest BCUT2D eigenvalue weighted by Gasteiger charge is 2.42. The molecular formula is C60H72N6O6S2. The summed E-state index contributed by atoms with van der Waals surface area (Å²) >= 11 is 3.27. The van der Waals surface area contributed by atoms with Crippen LogP contribution in [0.1, 0.15) is 149 Å². The van der Waals surface area contributed by atoms with Crippen molar-refractivity contribution in [1.29, 1.82) is 0 Å². The van der Waals surface area contributed by atoms with E-state index in [1.54, 1.807) is 22.7 Å². The van der Waals surface area contributed by atoms with E-state index in [9.17, 15) is 19.8 Å². The molecule has 1 saturated heterocycles. The molecule has 14 heteroatoms. The Hall–Kier alpha value is -5.67. The number of rotatable bonds is 12. The van der Waals surface area contributed by atoms with Crippen molar-refractivity contribution in [3.8, 4) is 22.3 Å². The minimum absolute atomic E-state index is 0.220. The molecule has 0 unspecified atom stereocenters. The number of nitrogens with zero attached hydrogens (tertiary/aromatic N) is 6. The van der Waals surface area contributed by atoms with Crippen molar-refractivity contribution in [3.05, 3.63) is 110 Å². The van der Waals surface area contributed by atoms with Gasteiger partial charge in [-0.1, -0.05) is 96.5 Å². The Morgan fingerprint density at radius 3 is 2.04 bits per heavy atom. The van der Waals surface area contributed by atoms with Crippen LogP contribution in [0.5, 0.6) is 0 Å². The molecule has 0 bridgehead atoms. The molecule has 2 fully saturated rings. The summed E-state index contributed by atoms with van der Waals surface area (Å²) in [5.41, 5.74) is 13.4. The molecule has 1 aliphatic carbocycles. The van der Waals surface area contributed by atoms with Gasteiger partial charge in [-0.3, -0.25) is 4.68 Å². The third-order valence-electron chi connectivity index (χ3n) is 15.9. The van der Waals surface area contributed by atoms with E-state index >= 15 is 0 Å². The average molecular weight is 1040 g/mol. The van der Waals surface area contributed by atoms with Gasteiger partial charge in [-0.25, -0.2) is 19.6 Å².